The summed E-state index contributed by atoms with van der Waals surface area (Å²) >= 11 is 0. The summed E-state index contributed by atoms with van der Waals surface area (Å²) in [6, 6.07) is 7.97. The molecule has 0 atom stereocenters. The molecule has 0 aromatic heterocycles. The normalized spacial score (nSPS) is 28.2. The fourth-order valence-electron chi connectivity index (χ4n) is 2.47. The highest BCUT2D eigenvalue weighted by Gasteiger charge is 2.47. The Morgan fingerprint density at radius 2 is 2.06 bits per heavy atom. The van der Waals surface area contributed by atoms with Crippen molar-refractivity contribution >= 4 is 11.6 Å². The Morgan fingerprint density at radius 3 is 2.56 bits per heavy atom. The van der Waals surface area contributed by atoms with Crippen LogP contribution < -0.4 is 11.1 Å². The van der Waals surface area contributed by atoms with Gasteiger partial charge >= 0.3 is 0 Å². The first kappa shape index (κ1) is 11.0. The summed E-state index contributed by atoms with van der Waals surface area (Å²) in [6.07, 6.45) is 1.66. The summed E-state index contributed by atoms with van der Waals surface area (Å²) in [5.41, 5.74) is 7.12. The second kappa shape index (κ2) is 3.81. The summed E-state index contributed by atoms with van der Waals surface area (Å²) in [4.78, 5) is 11.5. The summed E-state index contributed by atoms with van der Waals surface area (Å²) in [5.74, 6) is 0.331. The van der Waals surface area contributed by atoms with E-state index in [4.69, 9.17) is 5.73 Å². The number of amides is 1. The van der Waals surface area contributed by atoms with Gasteiger partial charge in [-0.05, 0) is 37.3 Å². The monoisotopic (exact) mass is 218 g/mol. The summed E-state index contributed by atoms with van der Waals surface area (Å²) < 4.78 is 0. The zero-order valence-corrected chi connectivity index (χ0v) is 9.79. The second-order valence-electron chi connectivity index (χ2n) is 4.90. The number of nitrogens with one attached hydrogen (secondary N) is 1. The Labute approximate surface area is 96.0 Å². The minimum Gasteiger partial charge on any atom is -0.371 e. The zero-order valence-electron chi connectivity index (χ0n) is 9.79. The maximum absolute atomic E-state index is 11.5. The van der Waals surface area contributed by atoms with E-state index in [1.165, 1.54) is 0 Å². The Bertz CT molecular complexity index is 408. The number of para-hydroxylation sites is 1. The van der Waals surface area contributed by atoms with E-state index in [0.717, 1.165) is 24.1 Å². The van der Waals surface area contributed by atoms with E-state index in [1.54, 1.807) is 0 Å². The average molecular weight is 218 g/mol. The van der Waals surface area contributed by atoms with Gasteiger partial charge in [-0.1, -0.05) is 25.1 Å². The maximum atomic E-state index is 11.5. The lowest BCUT2D eigenvalue weighted by Crippen LogP contribution is -2.58. The molecule has 2 rings (SSSR count). The van der Waals surface area contributed by atoms with Gasteiger partial charge in [-0.3, -0.25) is 4.79 Å². The minimum atomic E-state index is -0.522. The Kier molecular flexibility index (Phi) is 2.62. The molecule has 3 nitrogen and oxygen atoms in total. The van der Waals surface area contributed by atoms with Crippen LogP contribution >= 0.6 is 0 Å². The highest BCUT2D eigenvalue weighted by Crippen LogP contribution is 2.40. The lowest BCUT2D eigenvalue weighted by molar-refractivity contribution is -0.126. The van der Waals surface area contributed by atoms with Gasteiger partial charge in [-0.15, -0.1) is 0 Å². The number of anilines is 1. The van der Waals surface area contributed by atoms with Crippen molar-refractivity contribution in [3.05, 3.63) is 29.8 Å². The van der Waals surface area contributed by atoms with Crippen molar-refractivity contribution in [2.75, 3.05) is 5.32 Å². The smallest absolute Gasteiger partial charge is 0.243 e. The van der Waals surface area contributed by atoms with Crippen LogP contribution in [0.15, 0.2) is 24.3 Å². The molecular weight excluding hydrogens is 200 g/mol. The number of carbonyl (C=O) groups is 1. The summed E-state index contributed by atoms with van der Waals surface area (Å²) in [7, 11) is 0. The van der Waals surface area contributed by atoms with E-state index < -0.39 is 5.54 Å². The number of hydrogen-bond acceptors (Lipinski definition) is 2. The molecule has 0 radical (unpaired) electrons. The quantitative estimate of drug-likeness (QED) is 0.816. The topological polar surface area (TPSA) is 55.1 Å². The van der Waals surface area contributed by atoms with Gasteiger partial charge in [0.15, 0.2) is 0 Å². The van der Waals surface area contributed by atoms with Crippen LogP contribution in [-0.2, 0) is 4.79 Å². The molecule has 1 aromatic carbocycles. The number of carbonyl (C=O) groups excluding carboxylic acids is 1. The lowest BCUT2D eigenvalue weighted by Gasteiger charge is -2.45. The second-order valence-corrected chi connectivity index (χ2v) is 4.90. The Morgan fingerprint density at radius 1 is 1.44 bits per heavy atom. The fourth-order valence-corrected chi connectivity index (χ4v) is 2.47. The lowest BCUT2D eigenvalue weighted by atomic mass is 9.68. The van der Waals surface area contributed by atoms with Crippen LogP contribution in [0.5, 0.6) is 0 Å². The molecule has 0 spiro atoms. The number of hydrogen-bond donors (Lipinski definition) is 2. The van der Waals surface area contributed by atoms with E-state index in [0.29, 0.717) is 5.92 Å². The van der Waals surface area contributed by atoms with Crippen LogP contribution in [0, 0.1) is 12.8 Å². The highest BCUT2D eigenvalue weighted by molar-refractivity contribution is 5.89. The van der Waals surface area contributed by atoms with E-state index >= 15 is 0 Å². The number of benzene rings is 1. The molecule has 3 N–H and O–H groups in total. The Balaban J connectivity index is 2.20. The molecule has 3 heteroatoms. The molecule has 86 valence electrons. The van der Waals surface area contributed by atoms with Crippen molar-refractivity contribution in [2.45, 2.75) is 32.2 Å². The van der Waals surface area contributed by atoms with Gasteiger partial charge in [-0.2, -0.15) is 0 Å². The molecule has 0 aliphatic heterocycles. The van der Waals surface area contributed by atoms with Crippen LogP contribution in [0.25, 0.3) is 0 Å². The first-order chi connectivity index (χ1) is 7.53. The Hall–Kier alpha value is -1.51. The molecule has 1 aromatic rings. The van der Waals surface area contributed by atoms with E-state index in [2.05, 4.69) is 12.2 Å². The van der Waals surface area contributed by atoms with Crippen molar-refractivity contribution < 1.29 is 4.79 Å². The molecule has 0 bridgehead atoms. The SMILES string of the molecule is Cc1ccccc1NC1(C(N)=O)CC(C)C1. The third-order valence-electron chi connectivity index (χ3n) is 3.38. The molecule has 1 saturated carbocycles. The number of aryl methyl sites for hydroxylation is 1. The molecule has 1 aliphatic carbocycles. The third kappa shape index (κ3) is 1.77. The van der Waals surface area contributed by atoms with Gasteiger partial charge in [-0.25, -0.2) is 0 Å². The van der Waals surface area contributed by atoms with Crippen LogP contribution in [0.3, 0.4) is 0 Å². The number of primary amides is 1. The predicted molar refractivity (Wildman–Crippen MR) is 65.1 cm³/mol. The van der Waals surface area contributed by atoms with Crippen molar-refractivity contribution in [3.63, 3.8) is 0 Å². The van der Waals surface area contributed by atoms with Gasteiger partial charge in [0.1, 0.15) is 5.54 Å². The van der Waals surface area contributed by atoms with Gasteiger partial charge in [0.05, 0.1) is 0 Å². The van der Waals surface area contributed by atoms with Crippen molar-refractivity contribution in [1.82, 2.24) is 0 Å². The first-order valence-corrected chi connectivity index (χ1v) is 5.67. The molecule has 0 saturated heterocycles. The fraction of sp³-hybridized carbons (Fsp3) is 0.462. The highest BCUT2D eigenvalue weighted by atomic mass is 16.1. The van der Waals surface area contributed by atoms with Crippen molar-refractivity contribution in [3.8, 4) is 0 Å². The summed E-state index contributed by atoms with van der Waals surface area (Å²) in [6.45, 7) is 4.17. The van der Waals surface area contributed by atoms with Crippen molar-refractivity contribution in [2.24, 2.45) is 11.7 Å². The molecule has 1 aliphatic rings. The maximum Gasteiger partial charge on any atom is 0.243 e. The average Bonchev–Trinajstić information content (AvgIpc) is 2.18. The zero-order chi connectivity index (χ0) is 11.8. The molecule has 16 heavy (non-hydrogen) atoms. The first-order valence-electron chi connectivity index (χ1n) is 5.67. The molecule has 1 amide bonds. The van der Waals surface area contributed by atoms with Crippen LogP contribution in [0.4, 0.5) is 5.69 Å². The molecular formula is C13H18N2O. The standard InChI is InChI=1S/C13H18N2O/c1-9-7-13(8-9,12(14)16)15-11-6-4-3-5-10(11)2/h3-6,9,15H,7-8H2,1-2H3,(H2,14,16). The van der Waals surface area contributed by atoms with Crippen LogP contribution in [-0.4, -0.2) is 11.4 Å². The van der Waals surface area contributed by atoms with Gasteiger partial charge < -0.3 is 11.1 Å². The van der Waals surface area contributed by atoms with Crippen LogP contribution in [0.1, 0.15) is 25.3 Å². The minimum absolute atomic E-state index is 0.242. The summed E-state index contributed by atoms with van der Waals surface area (Å²) in [5, 5.41) is 3.32. The van der Waals surface area contributed by atoms with E-state index in [9.17, 15) is 4.79 Å². The van der Waals surface area contributed by atoms with E-state index in [1.807, 2.05) is 31.2 Å². The van der Waals surface area contributed by atoms with Crippen LogP contribution in [0.2, 0.25) is 0 Å². The van der Waals surface area contributed by atoms with Gasteiger partial charge in [0, 0.05) is 5.69 Å². The molecule has 1 fully saturated rings. The predicted octanol–water partition coefficient (Wildman–Crippen LogP) is 2.06. The van der Waals surface area contributed by atoms with Crippen molar-refractivity contribution in [1.29, 1.82) is 0 Å². The molecule has 0 heterocycles. The third-order valence-corrected chi connectivity index (χ3v) is 3.38. The number of rotatable bonds is 3. The molecule has 0 unspecified atom stereocenters. The van der Waals surface area contributed by atoms with Gasteiger partial charge in [0.2, 0.25) is 5.91 Å². The largest absolute Gasteiger partial charge is 0.371 e. The van der Waals surface area contributed by atoms with E-state index in [-0.39, 0.29) is 5.91 Å². The van der Waals surface area contributed by atoms with Gasteiger partial charge in [0.25, 0.3) is 0 Å². The number of nitrogens with two attached hydrogens (primary N) is 1.